The van der Waals surface area contributed by atoms with E-state index in [-0.39, 0.29) is 11.8 Å². The average molecular weight is 283 g/mol. The molecule has 0 saturated carbocycles. The van der Waals surface area contributed by atoms with Crippen LogP contribution < -0.4 is 5.32 Å². The topological polar surface area (TPSA) is 62.3 Å². The van der Waals surface area contributed by atoms with Crippen LogP contribution in [0.25, 0.3) is 0 Å². The van der Waals surface area contributed by atoms with Crippen molar-refractivity contribution in [2.75, 3.05) is 25.9 Å². The van der Waals surface area contributed by atoms with Gasteiger partial charge in [0.05, 0.1) is 5.75 Å². The number of sulfonamides is 1. The first-order valence-corrected chi connectivity index (χ1v) is 8.27. The average Bonchev–Trinajstić information content (AvgIpc) is 2.87. The normalized spacial score (nSPS) is 20.8. The second-order valence-electron chi connectivity index (χ2n) is 4.89. The van der Waals surface area contributed by atoms with Gasteiger partial charge in [0.15, 0.2) is 0 Å². The first-order chi connectivity index (χ1) is 9.13. The highest BCUT2D eigenvalue weighted by atomic mass is 32.2. The van der Waals surface area contributed by atoms with Crippen LogP contribution in [0.3, 0.4) is 0 Å². The molecule has 1 atom stereocenters. The summed E-state index contributed by atoms with van der Waals surface area (Å²) in [6.45, 7) is 1.39. The van der Waals surface area contributed by atoms with Gasteiger partial charge in [0.2, 0.25) is 10.0 Å². The van der Waals surface area contributed by atoms with E-state index in [0.717, 1.165) is 24.9 Å². The van der Waals surface area contributed by atoms with Gasteiger partial charge < -0.3 is 5.32 Å². The van der Waals surface area contributed by atoms with Crippen molar-refractivity contribution in [3.05, 3.63) is 30.1 Å². The van der Waals surface area contributed by atoms with Gasteiger partial charge in [-0.3, -0.25) is 4.98 Å². The first kappa shape index (κ1) is 14.4. The zero-order valence-electron chi connectivity index (χ0n) is 11.2. The number of hydrogen-bond donors (Lipinski definition) is 1. The van der Waals surface area contributed by atoms with Gasteiger partial charge in [0.25, 0.3) is 0 Å². The molecule has 0 aliphatic carbocycles. The minimum atomic E-state index is -3.16. The van der Waals surface area contributed by atoms with Crippen LogP contribution in [-0.2, 0) is 16.4 Å². The predicted octanol–water partition coefficient (Wildman–Crippen LogP) is 0.638. The fourth-order valence-electron chi connectivity index (χ4n) is 2.53. The molecule has 5 nitrogen and oxygen atoms in total. The van der Waals surface area contributed by atoms with Gasteiger partial charge >= 0.3 is 0 Å². The molecule has 0 spiro atoms. The standard InChI is InChI=1S/C13H21N3O2S/c1-14-11-13-3-2-9-16(13)19(17,18)10-6-12-4-7-15-8-5-12/h4-5,7-8,13-14H,2-3,6,9-11H2,1H3. The van der Waals surface area contributed by atoms with Crippen molar-refractivity contribution < 1.29 is 8.42 Å². The van der Waals surface area contributed by atoms with Crippen LogP contribution in [-0.4, -0.2) is 49.6 Å². The molecule has 1 aliphatic heterocycles. The van der Waals surface area contributed by atoms with Crippen molar-refractivity contribution in [1.82, 2.24) is 14.6 Å². The number of aryl methyl sites for hydroxylation is 1. The van der Waals surface area contributed by atoms with E-state index in [9.17, 15) is 8.42 Å². The SMILES string of the molecule is CNCC1CCCN1S(=O)(=O)CCc1ccncc1. The van der Waals surface area contributed by atoms with Gasteiger partial charge in [-0.1, -0.05) is 0 Å². The molecular weight excluding hydrogens is 262 g/mol. The third kappa shape index (κ3) is 3.75. The summed E-state index contributed by atoms with van der Waals surface area (Å²) in [5.41, 5.74) is 1.02. The predicted molar refractivity (Wildman–Crippen MR) is 75.4 cm³/mol. The Labute approximate surface area is 115 Å². The lowest BCUT2D eigenvalue weighted by atomic mass is 10.2. The number of nitrogens with one attached hydrogen (secondary N) is 1. The van der Waals surface area contributed by atoms with E-state index in [4.69, 9.17) is 0 Å². The Bertz CT molecular complexity index is 490. The summed E-state index contributed by atoms with van der Waals surface area (Å²) in [6.07, 6.45) is 5.85. The number of aromatic nitrogens is 1. The van der Waals surface area contributed by atoms with Crippen molar-refractivity contribution in [1.29, 1.82) is 0 Å². The van der Waals surface area contributed by atoms with Crippen molar-refractivity contribution >= 4 is 10.0 Å². The quantitative estimate of drug-likeness (QED) is 0.832. The largest absolute Gasteiger partial charge is 0.318 e. The van der Waals surface area contributed by atoms with Crippen LogP contribution in [0, 0.1) is 0 Å². The van der Waals surface area contributed by atoms with Crippen LogP contribution in [0.1, 0.15) is 18.4 Å². The van der Waals surface area contributed by atoms with Crippen LogP contribution in [0.5, 0.6) is 0 Å². The summed E-state index contributed by atoms with van der Waals surface area (Å²) < 4.78 is 26.4. The van der Waals surface area contributed by atoms with E-state index in [1.807, 2.05) is 19.2 Å². The Hall–Kier alpha value is -0.980. The summed E-state index contributed by atoms with van der Waals surface area (Å²) in [7, 11) is -1.30. The Morgan fingerprint density at radius 3 is 2.84 bits per heavy atom. The fraction of sp³-hybridized carbons (Fsp3) is 0.615. The van der Waals surface area contributed by atoms with Gasteiger partial charge in [0.1, 0.15) is 0 Å². The Balaban J connectivity index is 1.98. The molecule has 0 radical (unpaired) electrons. The molecule has 1 saturated heterocycles. The maximum absolute atomic E-state index is 12.4. The van der Waals surface area contributed by atoms with Gasteiger partial charge in [-0.15, -0.1) is 0 Å². The maximum atomic E-state index is 12.4. The lowest BCUT2D eigenvalue weighted by molar-refractivity contribution is 0.379. The molecule has 6 heteroatoms. The molecular formula is C13H21N3O2S. The molecule has 2 heterocycles. The highest BCUT2D eigenvalue weighted by Crippen LogP contribution is 2.21. The summed E-state index contributed by atoms with van der Waals surface area (Å²) in [5.74, 6) is 0.178. The maximum Gasteiger partial charge on any atom is 0.214 e. The zero-order valence-corrected chi connectivity index (χ0v) is 12.1. The number of rotatable bonds is 6. The van der Waals surface area contributed by atoms with Crippen molar-refractivity contribution in [2.45, 2.75) is 25.3 Å². The first-order valence-electron chi connectivity index (χ1n) is 6.66. The molecule has 2 rings (SSSR count). The molecule has 0 aromatic carbocycles. The van der Waals surface area contributed by atoms with E-state index in [2.05, 4.69) is 10.3 Å². The molecule has 19 heavy (non-hydrogen) atoms. The minimum absolute atomic E-state index is 0.118. The van der Waals surface area contributed by atoms with E-state index in [1.165, 1.54) is 0 Å². The van der Waals surface area contributed by atoms with Crippen molar-refractivity contribution in [3.8, 4) is 0 Å². The molecule has 1 aromatic heterocycles. The molecule has 0 amide bonds. The summed E-state index contributed by atoms with van der Waals surface area (Å²) in [6, 6.07) is 3.85. The highest BCUT2D eigenvalue weighted by molar-refractivity contribution is 7.89. The van der Waals surface area contributed by atoms with Crippen molar-refractivity contribution in [2.24, 2.45) is 0 Å². The minimum Gasteiger partial charge on any atom is -0.318 e. The Morgan fingerprint density at radius 2 is 2.16 bits per heavy atom. The van der Waals surface area contributed by atoms with E-state index < -0.39 is 10.0 Å². The van der Waals surface area contributed by atoms with Crippen LogP contribution >= 0.6 is 0 Å². The number of nitrogens with zero attached hydrogens (tertiary/aromatic N) is 2. The number of likely N-dealkylation sites (N-methyl/N-ethyl adjacent to an activating group) is 1. The third-order valence-corrected chi connectivity index (χ3v) is 5.43. The summed E-state index contributed by atoms with van der Waals surface area (Å²) >= 11 is 0. The molecule has 0 bridgehead atoms. The van der Waals surface area contributed by atoms with Crippen molar-refractivity contribution in [3.63, 3.8) is 0 Å². The smallest absolute Gasteiger partial charge is 0.214 e. The van der Waals surface area contributed by atoms with E-state index >= 15 is 0 Å². The lowest BCUT2D eigenvalue weighted by Gasteiger charge is -2.23. The second-order valence-corrected chi connectivity index (χ2v) is 6.93. The molecule has 1 aliphatic rings. The Morgan fingerprint density at radius 1 is 1.42 bits per heavy atom. The summed E-state index contributed by atoms with van der Waals surface area (Å²) in [4.78, 5) is 3.94. The zero-order chi connectivity index (χ0) is 13.7. The van der Waals surface area contributed by atoms with Gasteiger partial charge in [-0.2, -0.15) is 4.31 Å². The van der Waals surface area contributed by atoms with Gasteiger partial charge in [-0.05, 0) is 44.0 Å². The molecule has 1 fully saturated rings. The summed E-state index contributed by atoms with van der Waals surface area (Å²) in [5, 5.41) is 3.07. The number of hydrogen-bond acceptors (Lipinski definition) is 4. The molecule has 1 N–H and O–H groups in total. The van der Waals surface area contributed by atoms with Crippen LogP contribution in [0.4, 0.5) is 0 Å². The van der Waals surface area contributed by atoms with Gasteiger partial charge in [-0.25, -0.2) is 8.42 Å². The van der Waals surface area contributed by atoms with E-state index in [1.54, 1.807) is 16.7 Å². The molecule has 106 valence electrons. The van der Waals surface area contributed by atoms with Crippen LogP contribution in [0.15, 0.2) is 24.5 Å². The molecule has 1 unspecified atom stereocenters. The highest BCUT2D eigenvalue weighted by Gasteiger charge is 2.33. The van der Waals surface area contributed by atoms with Crippen LogP contribution in [0.2, 0.25) is 0 Å². The second kappa shape index (κ2) is 6.45. The van der Waals surface area contributed by atoms with Gasteiger partial charge in [0, 0.05) is 31.5 Å². The Kier molecular flexibility index (Phi) is 4.90. The lowest BCUT2D eigenvalue weighted by Crippen LogP contribution is -2.42. The van der Waals surface area contributed by atoms with E-state index in [0.29, 0.717) is 13.0 Å². The number of pyridine rings is 1. The fourth-order valence-corrected chi connectivity index (χ4v) is 4.30. The monoisotopic (exact) mass is 283 g/mol. The molecule has 1 aromatic rings. The third-order valence-electron chi connectivity index (χ3n) is 3.52.